The van der Waals surface area contributed by atoms with Crippen molar-refractivity contribution in [2.24, 2.45) is 0 Å². The molecule has 5 heteroatoms. The molecule has 0 amide bonds. The molecule has 5 nitrogen and oxygen atoms in total. The first-order valence-electron chi connectivity index (χ1n) is 8.94. The van der Waals surface area contributed by atoms with Crippen molar-refractivity contribution in [1.29, 1.82) is 0 Å². The first-order valence-corrected chi connectivity index (χ1v) is 8.94. The first kappa shape index (κ1) is 19.3. The molecule has 144 valence electrons. The summed E-state index contributed by atoms with van der Waals surface area (Å²) in [6, 6.07) is 11.5. The zero-order valence-corrected chi connectivity index (χ0v) is 16.1. The second-order valence-corrected chi connectivity index (χ2v) is 7.19. The lowest BCUT2D eigenvalue weighted by Crippen LogP contribution is -2.21. The monoisotopic (exact) mass is 370 g/mol. The number of rotatable bonds is 5. The van der Waals surface area contributed by atoms with Crippen molar-refractivity contribution >= 4 is 6.08 Å². The van der Waals surface area contributed by atoms with Crippen LogP contribution >= 0.6 is 0 Å². The Morgan fingerprint density at radius 1 is 1.11 bits per heavy atom. The van der Waals surface area contributed by atoms with E-state index in [1.165, 1.54) is 0 Å². The Hall–Kier alpha value is -2.50. The molecule has 3 rings (SSSR count). The molecule has 1 aliphatic rings. The highest BCUT2D eigenvalue weighted by Crippen LogP contribution is 2.50. The van der Waals surface area contributed by atoms with Crippen LogP contribution in [-0.4, -0.2) is 30.0 Å². The largest absolute Gasteiger partial charge is 0.496 e. The Morgan fingerprint density at radius 3 is 2.37 bits per heavy atom. The van der Waals surface area contributed by atoms with E-state index in [9.17, 15) is 10.2 Å². The van der Waals surface area contributed by atoms with Crippen LogP contribution in [0.15, 0.2) is 42.5 Å². The lowest BCUT2D eigenvalue weighted by Gasteiger charge is -2.33. The van der Waals surface area contributed by atoms with Gasteiger partial charge in [-0.2, -0.15) is 0 Å². The van der Waals surface area contributed by atoms with Crippen molar-refractivity contribution < 1.29 is 24.4 Å². The van der Waals surface area contributed by atoms with E-state index in [2.05, 4.69) is 0 Å². The summed E-state index contributed by atoms with van der Waals surface area (Å²) < 4.78 is 17.3. The number of hydrogen-bond acceptors (Lipinski definition) is 5. The van der Waals surface area contributed by atoms with Gasteiger partial charge in [-0.25, -0.2) is 0 Å². The molecular formula is C22H26O5. The highest BCUT2D eigenvalue weighted by atomic mass is 16.5. The van der Waals surface area contributed by atoms with Crippen LogP contribution in [0.25, 0.3) is 6.08 Å². The number of aliphatic hydroxyl groups is 2. The van der Waals surface area contributed by atoms with Crippen LogP contribution in [0.1, 0.15) is 49.2 Å². The molecule has 1 aliphatic heterocycles. The van der Waals surface area contributed by atoms with Crippen molar-refractivity contribution in [3.8, 4) is 17.2 Å². The van der Waals surface area contributed by atoms with Crippen molar-refractivity contribution in [3.05, 3.63) is 59.2 Å². The van der Waals surface area contributed by atoms with Crippen LogP contribution in [0.3, 0.4) is 0 Å². The molecule has 0 spiro atoms. The average Bonchev–Trinajstić information content (AvgIpc) is 2.65. The van der Waals surface area contributed by atoms with Gasteiger partial charge in [-0.15, -0.1) is 0 Å². The van der Waals surface area contributed by atoms with Crippen LogP contribution in [0.5, 0.6) is 17.2 Å². The van der Waals surface area contributed by atoms with Gasteiger partial charge in [-0.1, -0.05) is 36.4 Å². The highest BCUT2D eigenvalue weighted by Gasteiger charge is 2.34. The predicted molar refractivity (Wildman–Crippen MR) is 104 cm³/mol. The van der Waals surface area contributed by atoms with Crippen molar-refractivity contribution in [3.63, 3.8) is 0 Å². The zero-order valence-electron chi connectivity index (χ0n) is 16.1. The SMILES string of the molecule is COc1cc(OC)c2c(c1/C=C/C(C)(C)O)O[C@H](c1ccccc1)C[C@H]2O. The van der Waals surface area contributed by atoms with E-state index in [-0.39, 0.29) is 6.10 Å². The van der Waals surface area contributed by atoms with E-state index < -0.39 is 11.7 Å². The summed E-state index contributed by atoms with van der Waals surface area (Å²) in [4.78, 5) is 0. The van der Waals surface area contributed by atoms with E-state index in [0.29, 0.717) is 34.8 Å². The van der Waals surface area contributed by atoms with Gasteiger partial charge in [-0.05, 0) is 25.5 Å². The Morgan fingerprint density at radius 2 is 1.78 bits per heavy atom. The summed E-state index contributed by atoms with van der Waals surface area (Å²) in [7, 11) is 3.12. The first-order chi connectivity index (χ1) is 12.8. The number of hydrogen-bond donors (Lipinski definition) is 2. The molecule has 2 aromatic carbocycles. The predicted octanol–water partition coefficient (Wildman–Crippen LogP) is 4.05. The molecule has 2 aromatic rings. The summed E-state index contributed by atoms with van der Waals surface area (Å²) in [5, 5.41) is 20.9. The van der Waals surface area contributed by atoms with Gasteiger partial charge < -0.3 is 24.4 Å². The van der Waals surface area contributed by atoms with Crippen molar-refractivity contribution in [2.45, 2.75) is 38.1 Å². The molecule has 0 bridgehead atoms. The summed E-state index contributed by atoms with van der Waals surface area (Å²) in [5.41, 5.74) is 1.25. The minimum Gasteiger partial charge on any atom is -0.496 e. The minimum atomic E-state index is -0.996. The van der Waals surface area contributed by atoms with Gasteiger partial charge >= 0.3 is 0 Å². The van der Waals surface area contributed by atoms with Gasteiger partial charge in [0.1, 0.15) is 23.4 Å². The van der Waals surface area contributed by atoms with Crippen LogP contribution in [-0.2, 0) is 0 Å². The van der Waals surface area contributed by atoms with Gasteiger partial charge in [0.2, 0.25) is 0 Å². The average molecular weight is 370 g/mol. The smallest absolute Gasteiger partial charge is 0.140 e. The van der Waals surface area contributed by atoms with E-state index in [1.807, 2.05) is 30.3 Å². The van der Waals surface area contributed by atoms with Gasteiger partial charge in [0.15, 0.2) is 0 Å². The molecule has 0 saturated carbocycles. The lowest BCUT2D eigenvalue weighted by molar-refractivity contribution is 0.0628. The Balaban J connectivity index is 2.15. The number of benzene rings is 2. The number of aliphatic hydroxyl groups excluding tert-OH is 1. The maximum absolute atomic E-state index is 10.8. The molecule has 2 N–H and O–H groups in total. The molecule has 27 heavy (non-hydrogen) atoms. The van der Waals surface area contributed by atoms with Crippen LogP contribution in [0, 0.1) is 0 Å². The third-order valence-electron chi connectivity index (χ3n) is 4.58. The van der Waals surface area contributed by atoms with Crippen molar-refractivity contribution in [2.75, 3.05) is 14.2 Å². The molecule has 0 aliphatic carbocycles. The fraction of sp³-hybridized carbons (Fsp3) is 0.364. The van der Waals surface area contributed by atoms with Gasteiger partial charge in [0, 0.05) is 12.5 Å². The molecule has 0 fully saturated rings. The van der Waals surface area contributed by atoms with Crippen LogP contribution in [0.2, 0.25) is 0 Å². The van der Waals surface area contributed by atoms with E-state index in [1.54, 1.807) is 46.3 Å². The number of fused-ring (bicyclic) bond motifs is 1. The van der Waals surface area contributed by atoms with Gasteiger partial charge in [0.25, 0.3) is 0 Å². The standard InChI is InChI=1S/C22H26O5/c1-22(2,24)11-10-15-18(25-3)13-19(26-4)20-16(23)12-17(27-21(15)20)14-8-6-5-7-9-14/h5-11,13,16-17,23-24H,12H2,1-4H3/b11-10+/t16-,17+/m1/s1. The Labute approximate surface area is 159 Å². The summed E-state index contributed by atoms with van der Waals surface area (Å²) in [6.45, 7) is 3.38. The Kier molecular flexibility index (Phi) is 5.44. The molecule has 1 heterocycles. The molecule has 0 unspecified atom stereocenters. The van der Waals surface area contributed by atoms with Crippen LogP contribution < -0.4 is 14.2 Å². The van der Waals surface area contributed by atoms with E-state index >= 15 is 0 Å². The maximum Gasteiger partial charge on any atom is 0.140 e. The second-order valence-electron chi connectivity index (χ2n) is 7.19. The molecule has 0 aromatic heterocycles. The van der Waals surface area contributed by atoms with Crippen molar-refractivity contribution in [1.82, 2.24) is 0 Å². The third kappa shape index (κ3) is 4.10. The minimum absolute atomic E-state index is 0.292. The van der Waals surface area contributed by atoms with Gasteiger partial charge in [0.05, 0.1) is 37.1 Å². The Bertz CT molecular complexity index is 821. The summed E-state index contributed by atoms with van der Waals surface area (Å²) >= 11 is 0. The van der Waals surface area contributed by atoms with Crippen LogP contribution in [0.4, 0.5) is 0 Å². The fourth-order valence-electron chi connectivity index (χ4n) is 3.25. The number of methoxy groups -OCH3 is 2. The third-order valence-corrected chi connectivity index (χ3v) is 4.58. The maximum atomic E-state index is 10.8. The molecular weight excluding hydrogens is 344 g/mol. The summed E-state index contributed by atoms with van der Waals surface area (Å²) in [5.74, 6) is 1.58. The quantitative estimate of drug-likeness (QED) is 0.831. The van der Waals surface area contributed by atoms with Gasteiger partial charge in [-0.3, -0.25) is 0 Å². The fourth-order valence-corrected chi connectivity index (χ4v) is 3.25. The highest BCUT2D eigenvalue weighted by molar-refractivity contribution is 5.71. The summed E-state index contributed by atoms with van der Waals surface area (Å²) in [6.07, 6.45) is 2.82. The van der Waals surface area contributed by atoms with E-state index in [0.717, 1.165) is 5.56 Å². The normalized spacial score (nSPS) is 19.5. The number of ether oxygens (including phenoxy) is 3. The second kappa shape index (κ2) is 7.62. The lowest BCUT2D eigenvalue weighted by atomic mass is 9.91. The molecule has 2 atom stereocenters. The topological polar surface area (TPSA) is 68.2 Å². The molecule has 0 radical (unpaired) electrons. The molecule has 0 saturated heterocycles. The van der Waals surface area contributed by atoms with E-state index in [4.69, 9.17) is 14.2 Å². The zero-order chi connectivity index (χ0) is 19.6.